The Balaban J connectivity index is 1.74. The molecule has 0 aliphatic carbocycles. The molecule has 154 valence electrons. The molecule has 0 unspecified atom stereocenters. The van der Waals surface area contributed by atoms with Crippen LogP contribution in [0.2, 0.25) is 0 Å². The summed E-state index contributed by atoms with van der Waals surface area (Å²) in [6.07, 6.45) is 3.59. The molecule has 2 N–H and O–H groups in total. The van der Waals surface area contributed by atoms with Crippen LogP contribution in [-0.4, -0.2) is 80.9 Å². The van der Waals surface area contributed by atoms with Crippen LogP contribution in [0.4, 0.5) is 4.79 Å². The van der Waals surface area contributed by atoms with Crippen molar-refractivity contribution in [1.29, 1.82) is 0 Å². The van der Waals surface area contributed by atoms with Crippen molar-refractivity contribution in [3.8, 4) is 0 Å². The SMILES string of the molecule is CCN1C[C@@H](NC(=O)N/C(C)=C(C)/C(=N\C)OCCCN2CCCC2)CO1. The van der Waals surface area contributed by atoms with Gasteiger partial charge in [0.1, 0.15) is 0 Å². The normalized spacial score (nSPS) is 22.7. The van der Waals surface area contributed by atoms with Gasteiger partial charge in [0, 0.05) is 38.0 Å². The molecule has 27 heavy (non-hydrogen) atoms. The van der Waals surface area contributed by atoms with E-state index in [2.05, 4.69) is 20.5 Å². The highest BCUT2D eigenvalue weighted by atomic mass is 16.7. The number of hydroxylamine groups is 2. The van der Waals surface area contributed by atoms with Crippen LogP contribution < -0.4 is 10.6 Å². The molecule has 0 spiro atoms. The van der Waals surface area contributed by atoms with Gasteiger partial charge in [0.25, 0.3) is 0 Å². The van der Waals surface area contributed by atoms with E-state index in [0.717, 1.165) is 30.8 Å². The number of likely N-dealkylation sites (tertiary alicyclic amines) is 1. The Bertz CT molecular complexity index is 543. The van der Waals surface area contributed by atoms with Gasteiger partial charge in [-0.15, -0.1) is 0 Å². The lowest BCUT2D eigenvalue weighted by atomic mass is 10.2. The van der Waals surface area contributed by atoms with E-state index in [0.29, 0.717) is 25.7 Å². The maximum Gasteiger partial charge on any atom is 0.319 e. The Morgan fingerprint density at radius 2 is 2.04 bits per heavy atom. The van der Waals surface area contributed by atoms with Crippen molar-refractivity contribution in [3.63, 3.8) is 0 Å². The molecule has 0 aromatic rings. The number of hydrogen-bond acceptors (Lipinski definition) is 6. The molecule has 2 amide bonds. The molecule has 8 nitrogen and oxygen atoms in total. The van der Waals surface area contributed by atoms with Crippen LogP contribution in [0.1, 0.15) is 40.0 Å². The number of amides is 2. The molecule has 2 aliphatic heterocycles. The van der Waals surface area contributed by atoms with Gasteiger partial charge in [-0.3, -0.25) is 9.83 Å². The van der Waals surface area contributed by atoms with Crippen LogP contribution in [0.3, 0.4) is 0 Å². The zero-order valence-corrected chi connectivity index (χ0v) is 17.2. The Morgan fingerprint density at radius 3 is 2.67 bits per heavy atom. The Hall–Kier alpha value is -1.64. The number of ether oxygens (including phenoxy) is 1. The summed E-state index contributed by atoms with van der Waals surface area (Å²) in [4.78, 5) is 24.4. The first-order valence-corrected chi connectivity index (χ1v) is 9.98. The van der Waals surface area contributed by atoms with Gasteiger partial charge in [-0.2, -0.15) is 5.06 Å². The third-order valence-corrected chi connectivity index (χ3v) is 5.01. The van der Waals surface area contributed by atoms with Gasteiger partial charge in [-0.25, -0.2) is 4.79 Å². The first-order chi connectivity index (χ1) is 13.0. The minimum absolute atomic E-state index is 0.000735. The summed E-state index contributed by atoms with van der Waals surface area (Å²) in [6.45, 7) is 11.9. The molecule has 2 heterocycles. The van der Waals surface area contributed by atoms with Crippen LogP contribution in [0, 0.1) is 0 Å². The quantitative estimate of drug-likeness (QED) is 0.380. The average molecular weight is 382 g/mol. The lowest BCUT2D eigenvalue weighted by Gasteiger charge is -2.17. The maximum atomic E-state index is 12.2. The molecule has 2 fully saturated rings. The Kier molecular flexibility index (Phi) is 9.03. The van der Waals surface area contributed by atoms with Crippen molar-refractivity contribution in [3.05, 3.63) is 11.3 Å². The molecule has 0 aromatic carbocycles. The van der Waals surface area contributed by atoms with Gasteiger partial charge in [-0.05, 0) is 46.2 Å². The van der Waals surface area contributed by atoms with E-state index in [1.54, 1.807) is 7.05 Å². The van der Waals surface area contributed by atoms with Gasteiger partial charge in [0.15, 0.2) is 0 Å². The summed E-state index contributed by atoms with van der Waals surface area (Å²) < 4.78 is 5.84. The minimum Gasteiger partial charge on any atom is -0.478 e. The van der Waals surface area contributed by atoms with Crippen LogP contribution in [0.5, 0.6) is 0 Å². The fourth-order valence-corrected chi connectivity index (χ4v) is 3.30. The number of allylic oxidation sites excluding steroid dienone is 1. The Labute approximate surface area is 162 Å². The topological polar surface area (TPSA) is 78.4 Å². The summed E-state index contributed by atoms with van der Waals surface area (Å²) in [5.74, 6) is 0.579. The van der Waals surface area contributed by atoms with Gasteiger partial charge < -0.3 is 20.3 Å². The average Bonchev–Trinajstić information content (AvgIpc) is 3.32. The van der Waals surface area contributed by atoms with Gasteiger partial charge in [0.2, 0.25) is 5.90 Å². The van der Waals surface area contributed by atoms with Crippen molar-refractivity contribution in [2.45, 2.75) is 46.1 Å². The summed E-state index contributed by atoms with van der Waals surface area (Å²) in [7, 11) is 1.71. The van der Waals surface area contributed by atoms with Crippen molar-refractivity contribution in [2.24, 2.45) is 4.99 Å². The van der Waals surface area contributed by atoms with E-state index in [4.69, 9.17) is 9.57 Å². The third-order valence-electron chi connectivity index (χ3n) is 5.01. The molecule has 0 radical (unpaired) electrons. The number of carbonyl (C=O) groups is 1. The van der Waals surface area contributed by atoms with Gasteiger partial charge in [0.05, 0.1) is 19.3 Å². The molecular weight excluding hydrogens is 346 g/mol. The standard InChI is InChI=1S/C19H35N5O3/c1-5-24-13-17(14-27-24)22-19(25)21-16(3)15(2)18(20-4)26-12-8-11-23-9-6-7-10-23/h17H,5-14H2,1-4H3,(H2,21,22,25)/b16-15+,20-18+/t17-/m1/s1. The van der Waals surface area contributed by atoms with Crippen LogP contribution in [0.15, 0.2) is 16.3 Å². The smallest absolute Gasteiger partial charge is 0.319 e. The summed E-state index contributed by atoms with van der Waals surface area (Å²) in [6, 6.07) is -0.234. The van der Waals surface area contributed by atoms with E-state index >= 15 is 0 Å². The second-order valence-electron chi connectivity index (χ2n) is 7.10. The molecule has 0 bridgehead atoms. The lowest BCUT2D eigenvalue weighted by molar-refractivity contribution is -0.105. The van der Waals surface area contributed by atoms with Crippen molar-refractivity contribution >= 4 is 11.9 Å². The minimum atomic E-state index is -0.233. The van der Waals surface area contributed by atoms with Crippen molar-refractivity contribution in [1.82, 2.24) is 20.6 Å². The number of carbonyl (C=O) groups excluding carboxylic acids is 1. The fourth-order valence-electron chi connectivity index (χ4n) is 3.30. The molecule has 2 saturated heterocycles. The number of aliphatic imine (C=N–C) groups is 1. The highest BCUT2D eigenvalue weighted by Crippen LogP contribution is 2.09. The van der Waals surface area contributed by atoms with Crippen LogP contribution in [0.25, 0.3) is 0 Å². The lowest BCUT2D eigenvalue weighted by Crippen LogP contribution is -2.44. The number of nitrogens with zero attached hydrogens (tertiary/aromatic N) is 3. The van der Waals surface area contributed by atoms with E-state index in [-0.39, 0.29) is 12.1 Å². The summed E-state index contributed by atoms with van der Waals surface area (Å²) in [5, 5.41) is 7.65. The number of rotatable bonds is 8. The molecule has 0 aromatic heterocycles. The van der Waals surface area contributed by atoms with E-state index in [1.807, 2.05) is 25.8 Å². The highest BCUT2D eigenvalue weighted by Gasteiger charge is 2.24. The van der Waals surface area contributed by atoms with Gasteiger partial charge in [-0.1, -0.05) is 6.92 Å². The van der Waals surface area contributed by atoms with E-state index in [1.165, 1.54) is 25.9 Å². The number of urea groups is 1. The van der Waals surface area contributed by atoms with E-state index in [9.17, 15) is 4.79 Å². The molecule has 0 saturated carbocycles. The largest absolute Gasteiger partial charge is 0.478 e. The predicted octanol–water partition coefficient (Wildman–Crippen LogP) is 1.75. The predicted molar refractivity (Wildman–Crippen MR) is 107 cm³/mol. The van der Waals surface area contributed by atoms with Crippen molar-refractivity contribution in [2.75, 3.05) is 53.0 Å². The summed E-state index contributed by atoms with van der Waals surface area (Å²) >= 11 is 0. The third kappa shape index (κ3) is 7.12. The first kappa shape index (κ1) is 21.7. The number of nitrogens with one attached hydrogen (secondary N) is 2. The van der Waals surface area contributed by atoms with Crippen LogP contribution >= 0.6 is 0 Å². The summed E-state index contributed by atoms with van der Waals surface area (Å²) in [5.41, 5.74) is 1.57. The van der Waals surface area contributed by atoms with E-state index < -0.39 is 0 Å². The molecular formula is C19H35N5O3. The molecule has 1 atom stereocenters. The molecule has 2 aliphatic rings. The molecule has 8 heteroatoms. The zero-order valence-electron chi connectivity index (χ0n) is 17.2. The Morgan fingerprint density at radius 1 is 1.30 bits per heavy atom. The number of hydrogen-bond donors (Lipinski definition) is 2. The monoisotopic (exact) mass is 381 g/mol. The maximum absolute atomic E-state index is 12.2. The second-order valence-corrected chi connectivity index (χ2v) is 7.10. The zero-order chi connectivity index (χ0) is 19.6. The fraction of sp³-hybridized carbons (Fsp3) is 0.789. The number of likely N-dealkylation sites (N-methyl/N-ethyl adjacent to an activating group) is 1. The van der Waals surface area contributed by atoms with Crippen molar-refractivity contribution < 1.29 is 14.4 Å². The second kappa shape index (κ2) is 11.3. The highest BCUT2D eigenvalue weighted by molar-refractivity contribution is 5.94. The van der Waals surface area contributed by atoms with Crippen LogP contribution in [-0.2, 0) is 9.57 Å². The first-order valence-electron chi connectivity index (χ1n) is 9.98. The van der Waals surface area contributed by atoms with Gasteiger partial charge >= 0.3 is 6.03 Å². The molecule has 2 rings (SSSR count).